The maximum Gasteiger partial charge on any atom is 0.270 e. The molecule has 2 aromatic rings. The number of aliphatic hydroxyl groups excluding tert-OH is 1. The largest absolute Gasteiger partial charge is 0.491 e. The first-order chi connectivity index (χ1) is 10.5. The number of hydrogen-bond acceptors (Lipinski definition) is 4. The van der Waals surface area contributed by atoms with Crippen molar-refractivity contribution in [1.82, 2.24) is 10.3 Å². The first-order valence-electron chi connectivity index (χ1n) is 6.82. The lowest BCUT2D eigenvalue weighted by atomic mass is 10.2. The van der Waals surface area contributed by atoms with E-state index in [1.807, 2.05) is 31.2 Å². The number of aliphatic hydroxyl groups is 1. The topological polar surface area (TPSA) is 71.5 Å². The van der Waals surface area contributed by atoms with Crippen LogP contribution in [0.2, 0.25) is 5.02 Å². The number of hydrogen-bond donors (Lipinski definition) is 2. The van der Waals surface area contributed by atoms with Crippen molar-refractivity contribution in [3.8, 4) is 5.75 Å². The molecule has 0 saturated carbocycles. The van der Waals surface area contributed by atoms with Gasteiger partial charge in [0.05, 0.1) is 0 Å². The van der Waals surface area contributed by atoms with E-state index in [4.69, 9.17) is 16.3 Å². The molecule has 1 atom stereocenters. The Kier molecular flexibility index (Phi) is 5.75. The number of carbonyl (C=O) groups is 1. The van der Waals surface area contributed by atoms with Crippen LogP contribution < -0.4 is 10.1 Å². The van der Waals surface area contributed by atoms with E-state index < -0.39 is 12.0 Å². The second-order valence-corrected chi connectivity index (χ2v) is 5.29. The van der Waals surface area contributed by atoms with Gasteiger partial charge in [0.15, 0.2) is 0 Å². The molecule has 0 saturated heterocycles. The first-order valence-corrected chi connectivity index (χ1v) is 7.19. The molecule has 2 rings (SSSR count). The van der Waals surface area contributed by atoms with E-state index in [0.29, 0.717) is 10.8 Å². The summed E-state index contributed by atoms with van der Waals surface area (Å²) in [4.78, 5) is 15.7. The number of benzene rings is 1. The second-order valence-electron chi connectivity index (χ2n) is 4.85. The highest BCUT2D eigenvalue weighted by Crippen LogP contribution is 2.12. The van der Waals surface area contributed by atoms with Gasteiger partial charge >= 0.3 is 0 Å². The van der Waals surface area contributed by atoms with E-state index in [-0.39, 0.29) is 18.8 Å². The van der Waals surface area contributed by atoms with Crippen LogP contribution in [-0.2, 0) is 0 Å². The number of rotatable bonds is 6. The molecule has 116 valence electrons. The van der Waals surface area contributed by atoms with Crippen molar-refractivity contribution in [2.45, 2.75) is 13.0 Å². The van der Waals surface area contributed by atoms with Crippen molar-refractivity contribution in [2.24, 2.45) is 0 Å². The normalized spacial score (nSPS) is 11.8. The first kappa shape index (κ1) is 16.3. The molecule has 0 fully saturated rings. The summed E-state index contributed by atoms with van der Waals surface area (Å²) in [5, 5.41) is 12.9. The maximum absolute atomic E-state index is 11.8. The summed E-state index contributed by atoms with van der Waals surface area (Å²) in [6.45, 7) is 2.12. The van der Waals surface area contributed by atoms with Crippen LogP contribution in [0.1, 0.15) is 16.1 Å². The lowest BCUT2D eigenvalue weighted by molar-refractivity contribution is 0.0840. The van der Waals surface area contributed by atoms with E-state index in [1.165, 1.54) is 12.3 Å². The lowest BCUT2D eigenvalue weighted by Gasteiger charge is -2.13. The second kappa shape index (κ2) is 7.77. The van der Waals surface area contributed by atoms with Gasteiger partial charge < -0.3 is 15.2 Å². The van der Waals surface area contributed by atoms with Gasteiger partial charge in [-0.05, 0) is 36.8 Å². The number of nitrogens with one attached hydrogen (secondary N) is 1. The van der Waals surface area contributed by atoms with Crippen LogP contribution in [0, 0.1) is 6.92 Å². The minimum absolute atomic E-state index is 0.0683. The summed E-state index contributed by atoms with van der Waals surface area (Å²) < 4.78 is 5.47. The molecule has 2 N–H and O–H groups in total. The number of ether oxygens (including phenoxy) is 1. The van der Waals surface area contributed by atoms with Crippen LogP contribution in [0.25, 0.3) is 0 Å². The van der Waals surface area contributed by atoms with Gasteiger partial charge in [0.1, 0.15) is 24.2 Å². The van der Waals surface area contributed by atoms with Gasteiger partial charge in [0, 0.05) is 17.8 Å². The van der Waals surface area contributed by atoms with Gasteiger partial charge in [0.2, 0.25) is 0 Å². The molecule has 0 bridgehead atoms. The summed E-state index contributed by atoms with van der Waals surface area (Å²) in [7, 11) is 0. The SMILES string of the molecule is Cc1cccc(OCC(O)CNC(=O)c2cc(Cl)ccn2)c1. The zero-order chi connectivity index (χ0) is 15.9. The van der Waals surface area contributed by atoms with Crippen LogP contribution in [0.4, 0.5) is 0 Å². The standard InChI is InChI=1S/C16H17ClN2O3/c1-11-3-2-4-14(7-11)22-10-13(20)9-19-16(21)15-8-12(17)5-6-18-15/h2-8,13,20H,9-10H2,1H3,(H,19,21). The summed E-state index contributed by atoms with van der Waals surface area (Å²) >= 11 is 5.79. The van der Waals surface area contributed by atoms with Crippen LogP contribution in [0.15, 0.2) is 42.6 Å². The van der Waals surface area contributed by atoms with Gasteiger partial charge in [-0.2, -0.15) is 0 Å². The maximum atomic E-state index is 11.8. The van der Waals surface area contributed by atoms with E-state index in [9.17, 15) is 9.90 Å². The number of pyridine rings is 1. The fourth-order valence-corrected chi connectivity index (χ4v) is 1.95. The van der Waals surface area contributed by atoms with E-state index in [0.717, 1.165) is 5.56 Å². The quantitative estimate of drug-likeness (QED) is 0.856. The third-order valence-electron chi connectivity index (χ3n) is 2.88. The average Bonchev–Trinajstić information content (AvgIpc) is 2.50. The number of aryl methyl sites for hydroxylation is 1. The highest BCUT2D eigenvalue weighted by atomic mass is 35.5. The summed E-state index contributed by atoms with van der Waals surface area (Å²) in [5.41, 5.74) is 1.28. The minimum atomic E-state index is -0.816. The monoisotopic (exact) mass is 320 g/mol. The molecule has 0 aliphatic heterocycles. The zero-order valence-corrected chi connectivity index (χ0v) is 12.9. The van der Waals surface area contributed by atoms with Crippen LogP contribution in [0.3, 0.4) is 0 Å². The summed E-state index contributed by atoms with van der Waals surface area (Å²) in [6, 6.07) is 10.6. The molecule has 1 heterocycles. The van der Waals surface area contributed by atoms with Crippen molar-refractivity contribution >= 4 is 17.5 Å². The molecule has 6 heteroatoms. The molecule has 0 aliphatic carbocycles. The molecular formula is C16H17ClN2O3. The molecule has 0 radical (unpaired) electrons. The van der Waals surface area contributed by atoms with Crippen LogP contribution >= 0.6 is 11.6 Å². The Bertz CT molecular complexity index is 649. The van der Waals surface area contributed by atoms with E-state index >= 15 is 0 Å². The van der Waals surface area contributed by atoms with E-state index in [1.54, 1.807) is 6.07 Å². The Hall–Kier alpha value is -2.11. The summed E-state index contributed by atoms with van der Waals surface area (Å²) in [5.74, 6) is 0.291. The fraction of sp³-hybridized carbons (Fsp3) is 0.250. The lowest BCUT2D eigenvalue weighted by Crippen LogP contribution is -2.35. The molecule has 1 amide bonds. The molecule has 1 unspecified atom stereocenters. The summed E-state index contributed by atoms with van der Waals surface area (Å²) in [6.07, 6.45) is 0.637. The Morgan fingerprint density at radius 2 is 2.23 bits per heavy atom. The van der Waals surface area contributed by atoms with Crippen LogP contribution in [0.5, 0.6) is 5.75 Å². The van der Waals surface area contributed by atoms with Crippen molar-refractivity contribution in [1.29, 1.82) is 0 Å². The molecular weight excluding hydrogens is 304 g/mol. The highest BCUT2D eigenvalue weighted by Gasteiger charge is 2.11. The van der Waals surface area contributed by atoms with Crippen molar-refractivity contribution in [2.75, 3.05) is 13.2 Å². The van der Waals surface area contributed by atoms with Gasteiger partial charge in [0.25, 0.3) is 5.91 Å². The molecule has 1 aromatic heterocycles. The van der Waals surface area contributed by atoms with Gasteiger partial charge in [-0.3, -0.25) is 9.78 Å². The third kappa shape index (κ3) is 5.02. The van der Waals surface area contributed by atoms with Gasteiger partial charge in [-0.1, -0.05) is 23.7 Å². The number of nitrogens with zero attached hydrogens (tertiary/aromatic N) is 1. The molecule has 0 spiro atoms. The number of halogens is 1. The Balaban J connectivity index is 1.78. The van der Waals surface area contributed by atoms with Crippen molar-refractivity contribution in [3.63, 3.8) is 0 Å². The van der Waals surface area contributed by atoms with Crippen molar-refractivity contribution < 1.29 is 14.6 Å². The van der Waals surface area contributed by atoms with Gasteiger partial charge in [-0.25, -0.2) is 0 Å². The fourth-order valence-electron chi connectivity index (χ4n) is 1.79. The number of aromatic nitrogens is 1. The number of amides is 1. The smallest absolute Gasteiger partial charge is 0.270 e. The predicted molar refractivity (Wildman–Crippen MR) is 84.3 cm³/mol. The molecule has 22 heavy (non-hydrogen) atoms. The molecule has 0 aliphatic rings. The predicted octanol–water partition coefficient (Wildman–Crippen LogP) is 2.21. The number of carbonyl (C=O) groups excluding carboxylic acids is 1. The molecule has 5 nitrogen and oxygen atoms in total. The van der Waals surface area contributed by atoms with Crippen LogP contribution in [-0.4, -0.2) is 35.3 Å². The average molecular weight is 321 g/mol. The zero-order valence-electron chi connectivity index (χ0n) is 12.1. The highest BCUT2D eigenvalue weighted by molar-refractivity contribution is 6.30. The Morgan fingerprint density at radius 3 is 2.95 bits per heavy atom. The Morgan fingerprint density at radius 1 is 1.41 bits per heavy atom. The molecule has 1 aromatic carbocycles. The van der Waals surface area contributed by atoms with Crippen molar-refractivity contribution in [3.05, 3.63) is 58.9 Å². The van der Waals surface area contributed by atoms with E-state index in [2.05, 4.69) is 10.3 Å². The minimum Gasteiger partial charge on any atom is -0.491 e. The van der Waals surface area contributed by atoms with Gasteiger partial charge in [-0.15, -0.1) is 0 Å². The Labute approximate surface area is 133 Å². The third-order valence-corrected chi connectivity index (χ3v) is 3.12.